The molecule has 0 aliphatic carbocycles. The summed E-state index contributed by atoms with van der Waals surface area (Å²) in [6.45, 7) is 3.62. The minimum atomic E-state index is -0.108. The number of hydrogen-bond donors (Lipinski definition) is 3. The molecule has 4 nitrogen and oxygen atoms in total. The third-order valence-corrected chi connectivity index (χ3v) is 2.36. The van der Waals surface area contributed by atoms with Crippen molar-refractivity contribution in [3.05, 3.63) is 23.2 Å². The van der Waals surface area contributed by atoms with Crippen molar-refractivity contribution in [1.29, 1.82) is 0 Å². The van der Waals surface area contributed by atoms with Gasteiger partial charge in [-0.1, -0.05) is 25.4 Å². The first-order valence-corrected chi connectivity index (χ1v) is 5.85. The van der Waals surface area contributed by atoms with Crippen LogP contribution in [-0.4, -0.2) is 11.0 Å². The molecule has 0 saturated carbocycles. The van der Waals surface area contributed by atoms with Crippen LogP contribution < -0.4 is 16.4 Å². The number of nitrogens with two attached hydrogens (primary N) is 1. The molecule has 1 aromatic carbocycles. The summed E-state index contributed by atoms with van der Waals surface area (Å²) in [5.41, 5.74) is 6.58. The Labute approximate surface area is 111 Å². The minimum Gasteiger partial charge on any atom is -0.376 e. The summed E-state index contributed by atoms with van der Waals surface area (Å²) in [6, 6.07) is 5.03. The number of halogens is 1. The van der Waals surface area contributed by atoms with Crippen LogP contribution in [0.3, 0.4) is 0 Å². The first-order chi connectivity index (χ1) is 7.90. The van der Waals surface area contributed by atoms with Gasteiger partial charge in [-0.05, 0) is 30.4 Å². The molecule has 1 rings (SSSR count). The molecule has 92 valence electrons. The van der Waals surface area contributed by atoms with E-state index in [2.05, 4.69) is 10.6 Å². The summed E-state index contributed by atoms with van der Waals surface area (Å²) in [5, 5.41) is 6.19. The maximum absolute atomic E-state index is 11.6. The second-order valence-corrected chi connectivity index (χ2v) is 4.70. The lowest BCUT2D eigenvalue weighted by Crippen LogP contribution is -2.22. The van der Waals surface area contributed by atoms with Crippen LogP contribution in [0.2, 0.25) is 5.02 Å². The van der Waals surface area contributed by atoms with Gasteiger partial charge in [0.15, 0.2) is 5.11 Å². The molecule has 1 aromatic rings. The smallest absolute Gasteiger partial charge is 0.226 e. The Morgan fingerprint density at radius 3 is 2.53 bits per heavy atom. The Bertz CT molecular complexity index is 448. The standard InChI is InChI=1S/C11H14ClN3OS/c1-6(2)10(16)14-8-4-3-7(12)5-9(8)15-11(13)17/h3-6H,1-2H3,(H,14,16)(H3,13,15,17). The maximum atomic E-state index is 11.6. The second kappa shape index (κ2) is 5.84. The van der Waals surface area contributed by atoms with Gasteiger partial charge < -0.3 is 16.4 Å². The fourth-order valence-corrected chi connectivity index (χ4v) is 1.42. The molecule has 0 atom stereocenters. The molecular formula is C11H14ClN3OS. The lowest BCUT2D eigenvalue weighted by Gasteiger charge is -2.13. The maximum Gasteiger partial charge on any atom is 0.226 e. The van der Waals surface area contributed by atoms with Gasteiger partial charge >= 0.3 is 0 Å². The van der Waals surface area contributed by atoms with Crippen molar-refractivity contribution >= 4 is 46.2 Å². The van der Waals surface area contributed by atoms with E-state index in [0.717, 1.165) is 0 Å². The molecule has 0 spiro atoms. The molecule has 0 unspecified atom stereocenters. The average Bonchev–Trinajstić information content (AvgIpc) is 2.20. The van der Waals surface area contributed by atoms with Crippen LogP contribution in [0.15, 0.2) is 18.2 Å². The average molecular weight is 272 g/mol. The Morgan fingerprint density at radius 1 is 1.35 bits per heavy atom. The zero-order valence-electron chi connectivity index (χ0n) is 9.58. The predicted molar refractivity (Wildman–Crippen MR) is 75.3 cm³/mol. The second-order valence-electron chi connectivity index (χ2n) is 3.82. The Morgan fingerprint density at radius 2 is 2.00 bits per heavy atom. The van der Waals surface area contributed by atoms with E-state index < -0.39 is 0 Å². The first-order valence-electron chi connectivity index (χ1n) is 5.07. The monoisotopic (exact) mass is 271 g/mol. The van der Waals surface area contributed by atoms with Crippen molar-refractivity contribution in [1.82, 2.24) is 0 Å². The first kappa shape index (κ1) is 13.7. The van der Waals surface area contributed by atoms with Gasteiger partial charge in [-0.3, -0.25) is 4.79 Å². The highest BCUT2D eigenvalue weighted by atomic mass is 35.5. The number of carbonyl (C=O) groups excluding carboxylic acids is 1. The summed E-state index contributed by atoms with van der Waals surface area (Å²) in [4.78, 5) is 11.6. The molecule has 0 heterocycles. The lowest BCUT2D eigenvalue weighted by molar-refractivity contribution is -0.118. The van der Waals surface area contributed by atoms with Crippen molar-refractivity contribution in [2.75, 3.05) is 10.6 Å². The van der Waals surface area contributed by atoms with Crippen molar-refractivity contribution in [3.63, 3.8) is 0 Å². The molecule has 1 amide bonds. The van der Waals surface area contributed by atoms with E-state index in [1.54, 1.807) is 18.2 Å². The van der Waals surface area contributed by atoms with E-state index in [1.165, 1.54) is 0 Å². The van der Waals surface area contributed by atoms with E-state index in [0.29, 0.717) is 16.4 Å². The van der Waals surface area contributed by atoms with Crippen molar-refractivity contribution < 1.29 is 4.79 Å². The topological polar surface area (TPSA) is 67.2 Å². The molecule has 0 aliphatic rings. The van der Waals surface area contributed by atoms with Crippen LogP contribution in [-0.2, 0) is 4.79 Å². The van der Waals surface area contributed by atoms with Gasteiger partial charge in [0, 0.05) is 10.9 Å². The van der Waals surface area contributed by atoms with Crippen LogP contribution in [0, 0.1) is 5.92 Å². The fraction of sp³-hybridized carbons (Fsp3) is 0.273. The van der Waals surface area contributed by atoms with Crippen molar-refractivity contribution in [2.24, 2.45) is 11.7 Å². The van der Waals surface area contributed by atoms with E-state index in [9.17, 15) is 4.79 Å². The number of thiocarbonyl (C=S) groups is 1. The lowest BCUT2D eigenvalue weighted by atomic mass is 10.2. The van der Waals surface area contributed by atoms with Gasteiger partial charge in [-0.15, -0.1) is 0 Å². The summed E-state index contributed by atoms with van der Waals surface area (Å²) in [6.07, 6.45) is 0. The third kappa shape index (κ3) is 4.20. The zero-order valence-corrected chi connectivity index (χ0v) is 11.2. The number of nitrogens with one attached hydrogen (secondary N) is 2. The summed E-state index contributed by atoms with van der Waals surface area (Å²) in [5.74, 6) is -0.193. The largest absolute Gasteiger partial charge is 0.376 e. The number of rotatable bonds is 3. The van der Waals surface area contributed by atoms with Crippen LogP contribution >= 0.6 is 23.8 Å². The minimum absolute atomic E-state index is 0.0849. The molecule has 0 bridgehead atoms. The van der Waals surface area contributed by atoms with Gasteiger partial charge in [0.1, 0.15) is 0 Å². The molecule has 17 heavy (non-hydrogen) atoms. The van der Waals surface area contributed by atoms with Gasteiger partial charge in [0.2, 0.25) is 5.91 Å². The van der Waals surface area contributed by atoms with Gasteiger partial charge in [0.25, 0.3) is 0 Å². The van der Waals surface area contributed by atoms with Crippen LogP contribution in [0.1, 0.15) is 13.8 Å². The Balaban J connectivity index is 2.97. The van der Waals surface area contributed by atoms with Gasteiger partial charge in [0.05, 0.1) is 11.4 Å². The highest BCUT2D eigenvalue weighted by Gasteiger charge is 2.10. The molecule has 0 aliphatic heterocycles. The summed E-state index contributed by atoms with van der Waals surface area (Å²) < 4.78 is 0. The molecule has 0 aromatic heterocycles. The number of anilines is 2. The van der Waals surface area contributed by atoms with Gasteiger partial charge in [-0.2, -0.15) is 0 Å². The highest BCUT2D eigenvalue weighted by Crippen LogP contribution is 2.26. The Hall–Kier alpha value is -1.33. The SMILES string of the molecule is CC(C)C(=O)Nc1ccc(Cl)cc1NC(N)=S. The normalized spacial score (nSPS) is 10.1. The van der Waals surface area contributed by atoms with E-state index in [1.807, 2.05) is 13.8 Å². The molecule has 6 heteroatoms. The van der Waals surface area contributed by atoms with Gasteiger partial charge in [-0.25, -0.2) is 0 Å². The van der Waals surface area contributed by atoms with E-state index >= 15 is 0 Å². The van der Waals surface area contributed by atoms with Crippen LogP contribution in [0.25, 0.3) is 0 Å². The summed E-state index contributed by atoms with van der Waals surface area (Å²) in [7, 11) is 0. The zero-order chi connectivity index (χ0) is 13.0. The molecule has 0 saturated heterocycles. The highest BCUT2D eigenvalue weighted by molar-refractivity contribution is 7.80. The number of benzene rings is 1. The van der Waals surface area contributed by atoms with Crippen molar-refractivity contribution in [3.8, 4) is 0 Å². The molecular weight excluding hydrogens is 258 g/mol. The molecule has 0 radical (unpaired) electrons. The van der Waals surface area contributed by atoms with E-state index in [4.69, 9.17) is 29.6 Å². The number of amides is 1. The third-order valence-electron chi connectivity index (χ3n) is 2.02. The van der Waals surface area contributed by atoms with E-state index in [-0.39, 0.29) is 16.9 Å². The van der Waals surface area contributed by atoms with Crippen molar-refractivity contribution in [2.45, 2.75) is 13.8 Å². The molecule has 4 N–H and O–H groups in total. The van der Waals surface area contributed by atoms with Crippen LogP contribution in [0.5, 0.6) is 0 Å². The quantitative estimate of drug-likeness (QED) is 0.739. The summed E-state index contributed by atoms with van der Waals surface area (Å²) >= 11 is 10.6. The fourth-order valence-electron chi connectivity index (χ4n) is 1.14. The van der Waals surface area contributed by atoms with Crippen LogP contribution in [0.4, 0.5) is 11.4 Å². The predicted octanol–water partition coefficient (Wildman–Crippen LogP) is 2.59. The molecule has 0 fully saturated rings. The number of carbonyl (C=O) groups is 1. The number of hydrogen-bond acceptors (Lipinski definition) is 2. The Kier molecular flexibility index (Phi) is 4.72.